The zero-order chi connectivity index (χ0) is 19.4. The Morgan fingerprint density at radius 3 is 2.59 bits per heavy atom. The summed E-state index contributed by atoms with van der Waals surface area (Å²) in [4.78, 5) is 15.0. The molecule has 1 amide bonds. The van der Waals surface area contributed by atoms with Crippen molar-refractivity contribution < 1.29 is 9.53 Å². The summed E-state index contributed by atoms with van der Waals surface area (Å²) < 4.78 is 6.58. The first-order valence-electron chi connectivity index (χ1n) is 8.65. The summed E-state index contributed by atoms with van der Waals surface area (Å²) in [5, 5.41) is 0.697. The molecule has 0 N–H and O–H groups in total. The Labute approximate surface area is 174 Å². The lowest BCUT2D eigenvalue weighted by Crippen LogP contribution is -2.31. The summed E-state index contributed by atoms with van der Waals surface area (Å²) >= 11 is 12.6. The molecule has 140 valence electrons. The van der Waals surface area contributed by atoms with Gasteiger partial charge in [-0.1, -0.05) is 79.8 Å². The summed E-state index contributed by atoms with van der Waals surface area (Å²) in [7, 11) is 0. The van der Waals surface area contributed by atoms with E-state index in [0.29, 0.717) is 33.3 Å². The summed E-state index contributed by atoms with van der Waals surface area (Å²) in [5.74, 6) is 1.05. The fourth-order valence-electron chi connectivity index (χ4n) is 2.64. The van der Waals surface area contributed by atoms with E-state index in [4.69, 9.17) is 28.6 Å². The molecule has 0 radical (unpaired) electrons. The number of hydrogen-bond acceptors (Lipinski definition) is 4. The van der Waals surface area contributed by atoms with Gasteiger partial charge in [0.2, 0.25) is 0 Å². The average Bonchev–Trinajstić information content (AvgIpc) is 2.89. The van der Waals surface area contributed by atoms with Crippen molar-refractivity contribution in [2.24, 2.45) is 5.92 Å². The SMILES string of the molecule is CC(C)CN1C(=O)/C(=C/c2ccccc2OCc2ccc(Cl)cc2)SC1=S. The smallest absolute Gasteiger partial charge is 0.266 e. The molecule has 0 atom stereocenters. The quantitative estimate of drug-likeness (QED) is 0.440. The van der Waals surface area contributed by atoms with Crippen LogP contribution in [-0.2, 0) is 11.4 Å². The second-order valence-electron chi connectivity index (χ2n) is 6.64. The third-order valence-electron chi connectivity index (χ3n) is 3.93. The normalized spacial score (nSPS) is 15.9. The molecule has 1 saturated heterocycles. The Bertz CT molecular complexity index is 878. The number of rotatable bonds is 6. The maximum atomic E-state index is 12.7. The van der Waals surface area contributed by atoms with Crippen molar-refractivity contribution in [1.82, 2.24) is 4.90 Å². The van der Waals surface area contributed by atoms with Crippen LogP contribution in [0, 0.1) is 5.92 Å². The topological polar surface area (TPSA) is 29.5 Å². The first-order valence-corrected chi connectivity index (χ1v) is 10.3. The van der Waals surface area contributed by atoms with Crippen LogP contribution in [0.15, 0.2) is 53.4 Å². The van der Waals surface area contributed by atoms with Crippen LogP contribution in [0.4, 0.5) is 0 Å². The maximum Gasteiger partial charge on any atom is 0.266 e. The molecule has 2 aromatic rings. The number of carbonyl (C=O) groups is 1. The van der Waals surface area contributed by atoms with Gasteiger partial charge in [-0.2, -0.15) is 0 Å². The molecule has 3 nitrogen and oxygen atoms in total. The van der Waals surface area contributed by atoms with Crippen LogP contribution in [0.3, 0.4) is 0 Å². The van der Waals surface area contributed by atoms with Gasteiger partial charge in [0, 0.05) is 17.1 Å². The van der Waals surface area contributed by atoms with Crippen molar-refractivity contribution in [1.29, 1.82) is 0 Å². The molecule has 1 fully saturated rings. The van der Waals surface area contributed by atoms with E-state index in [1.165, 1.54) is 11.8 Å². The second kappa shape index (κ2) is 8.91. The predicted molar refractivity (Wildman–Crippen MR) is 117 cm³/mol. The Morgan fingerprint density at radius 1 is 1.19 bits per heavy atom. The molecule has 6 heteroatoms. The molecule has 0 spiro atoms. The third kappa shape index (κ3) is 5.12. The predicted octanol–water partition coefficient (Wildman–Crippen LogP) is 5.78. The molecule has 0 aliphatic carbocycles. The minimum atomic E-state index is -0.0359. The average molecular weight is 418 g/mol. The summed E-state index contributed by atoms with van der Waals surface area (Å²) in [6.45, 7) is 5.21. The van der Waals surface area contributed by atoms with Crippen LogP contribution in [0.5, 0.6) is 5.75 Å². The van der Waals surface area contributed by atoms with E-state index in [-0.39, 0.29) is 5.91 Å². The largest absolute Gasteiger partial charge is 0.488 e. The first kappa shape index (κ1) is 19.9. The van der Waals surface area contributed by atoms with Crippen molar-refractivity contribution in [2.75, 3.05) is 6.54 Å². The highest BCUT2D eigenvalue weighted by molar-refractivity contribution is 8.26. The lowest BCUT2D eigenvalue weighted by atomic mass is 10.1. The van der Waals surface area contributed by atoms with Gasteiger partial charge in [0.25, 0.3) is 5.91 Å². The lowest BCUT2D eigenvalue weighted by Gasteiger charge is -2.16. The van der Waals surface area contributed by atoms with Crippen LogP contribution in [0.25, 0.3) is 6.08 Å². The van der Waals surface area contributed by atoms with Gasteiger partial charge in [-0.05, 0) is 35.8 Å². The molecule has 1 aliphatic rings. The zero-order valence-electron chi connectivity index (χ0n) is 15.1. The van der Waals surface area contributed by atoms with Gasteiger partial charge in [-0.3, -0.25) is 9.69 Å². The molecular formula is C21H20ClNO2S2. The molecule has 0 saturated carbocycles. The van der Waals surface area contributed by atoms with Gasteiger partial charge in [0.15, 0.2) is 0 Å². The lowest BCUT2D eigenvalue weighted by molar-refractivity contribution is -0.122. The fraction of sp³-hybridized carbons (Fsp3) is 0.238. The molecule has 27 heavy (non-hydrogen) atoms. The number of thiocarbonyl (C=S) groups is 1. The summed E-state index contributed by atoms with van der Waals surface area (Å²) in [6, 6.07) is 15.2. The van der Waals surface area contributed by atoms with Crippen molar-refractivity contribution in [2.45, 2.75) is 20.5 Å². The van der Waals surface area contributed by atoms with Gasteiger partial charge in [-0.25, -0.2) is 0 Å². The summed E-state index contributed by atoms with van der Waals surface area (Å²) in [6.07, 6.45) is 1.86. The Kier molecular flexibility index (Phi) is 6.58. The number of carbonyl (C=O) groups excluding carboxylic acids is 1. The standard InChI is InChI=1S/C21H20ClNO2S2/c1-14(2)12-23-20(24)19(27-21(23)26)11-16-5-3-4-6-18(16)25-13-15-7-9-17(22)10-8-15/h3-11,14H,12-13H2,1-2H3/b19-11-. The fourth-order valence-corrected chi connectivity index (χ4v) is 4.03. The highest BCUT2D eigenvalue weighted by Crippen LogP contribution is 2.34. The third-order valence-corrected chi connectivity index (χ3v) is 5.56. The molecule has 1 heterocycles. The minimum absolute atomic E-state index is 0.0359. The van der Waals surface area contributed by atoms with Crippen LogP contribution < -0.4 is 4.74 Å². The minimum Gasteiger partial charge on any atom is -0.488 e. The molecule has 0 unspecified atom stereocenters. The number of benzene rings is 2. The molecule has 2 aromatic carbocycles. The number of ether oxygens (including phenoxy) is 1. The van der Waals surface area contributed by atoms with Gasteiger partial charge in [-0.15, -0.1) is 0 Å². The van der Waals surface area contributed by atoms with Crippen LogP contribution in [0.1, 0.15) is 25.0 Å². The Morgan fingerprint density at radius 2 is 1.89 bits per heavy atom. The summed E-state index contributed by atoms with van der Waals surface area (Å²) in [5.41, 5.74) is 1.88. The monoisotopic (exact) mass is 417 g/mol. The van der Waals surface area contributed by atoms with Crippen molar-refractivity contribution >= 4 is 51.9 Å². The molecule has 0 aromatic heterocycles. The maximum absolute atomic E-state index is 12.7. The van der Waals surface area contributed by atoms with E-state index in [1.807, 2.05) is 54.6 Å². The van der Waals surface area contributed by atoms with Crippen LogP contribution in [-0.4, -0.2) is 21.7 Å². The number of nitrogens with zero attached hydrogens (tertiary/aromatic N) is 1. The van der Waals surface area contributed by atoms with E-state index < -0.39 is 0 Å². The number of hydrogen-bond donors (Lipinski definition) is 0. The number of halogens is 1. The van der Waals surface area contributed by atoms with Crippen molar-refractivity contribution in [3.8, 4) is 5.75 Å². The number of thioether (sulfide) groups is 1. The highest BCUT2D eigenvalue weighted by atomic mass is 35.5. The molecule has 0 bridgehead atoms. The van der Waals surface area contributed by atoms with Crippen molar-refractivity contribution in [3.63, 3.8) is 0 Å². The van der Waals surface area contributed by atoms with Gasteiger partial charge >= 0.3 is 0 Å². The van der Waals surface area contributed by atoms with Gasteiger partial charge < -0.3 is 4.74 Å². The molecule has 3 rings (SSSR count). The highest BCUT2D eigenvalue weighted by Gasteiger charge is 2.32. The van der Waals surface area contributed by atoms with Crippen LogP contribution >= 0.6 is 35.6 Å². The van der Waals surface area contributed by atoms with E-state index in [2.05, 4.69) is 13.8 Å². The van der Waals surface area contributed by atoms with E-state index in [9.17, 15) is 4.79 Å². The molecular weight excluding hydrogens is 398 g/mol. The van der Waals surface area contributed by atoms with Crippen molar-refractivity contribution in [3.05, 3.63) is 69.6 Å². The Hall–Kier alpha value is -1.82. The van der Waals surface area contributed by atoms with Gasteiger partial charge in [0.05, 0.1) is 4.91 Å². The van der Waals surface area contributed by atoms with E-state index >= 15 is 0 Å². The second-order valence-corrected chi connectivity index (χ2v) is 8.75. The van der Waals surface area contributed by atoms with Crippen LogP contribution in [0.2, 0.25) is 5.02 Å². The van der Waals surface area contributed by atoms with E-state index in [0.717, 1.165) is 16.9 Å². The number of para-hydroxylation sites is 1. The number of amides is 1. The molecule has 1 aliphatic heterocycles. The first-order chi connectivity index (χ1) is 12.9. The van der Waals surface area contributed by atoms with Gasteiger partial charge in [0.1, 0.15) is 16.7 Å². The Balaban J connectivity index is 1.77. The zero-order valence-corrected chi connectivity index (χ0v) is 17.5. The van der Waals surface area contributed by atoms with E-state index in [1.54, 1.807) is 4.90 Å².